The number of likely N-dealkylation sites (tertiary alicyclic amines) is 1. The molecule has 3 atom stereocenters. The highest BCUT2D eigenvalue weighted by atomic mass is 15.2. The summed E-state index contributed by atoms with van der Waals surface area (Å²) in [5.41, 5.74) is 0. The molecule has 0 aromatic rings. The van der Waals surface area contributed by atoms with Crippen LogP contribution >= 0.6 is 0 Å². The van der Waals surface area contributed by atoms with Crippen molar-refractivity contribution in [2.24, 2.45) is 5.92 Å². The molecule has 2 rings (SSSR count). The molecule has 1 N–H and O–H groups in total. The zero-order valence-corrected chi connectivity index (χ0v) is 11.8. The molecule has 1 saturated carbocycles. The second-order valence-electron chi connectivity index (χ2n) is 6.09. The van der Waals surface area contributed by atoms with Crippen molar-refractivity contribution >= 4 is 0 Å². The van der Waals surface area contributed by atoms with Gasteiger partial charge in [-0.05, 0) is 71.5 Å². The maximum Gasteiger partial charge on any atom is 0.0126 e. The lowest BCUT2D eigenvalue weighted by atomic mass is 9.77. The third kappa shape index (κ3) is 3.45. The van der Waals surface area contributed by atoms with Crippen LogP contribution in [-0.2, 0) is 0 Å². The van der Waals surface area contributed by atoms with Crippen molar-refractivity contribution in [2.75, 3.05) is 20.1 Å². The van der Waals surface area contributed by atoms with Crippen LogP contribution in [0, 0.1) is 5.92 Å². The van der Waals surface area contributed by atoms with Crippen molar-refractivity contribution in [1.29, 1.82) is 0 Å². The molecule has 0 aromatic carbocycles. The van der Waals surface area contributed by atoms with Crippen LogP contribution in [0.25, 0.3) is 0 Å². The molecule has 1 aliphatic carbocycles. The smallest absolute Gasteiger partial charge is 0.0126 e. The van der Waals surface area contributed by atoms with Crippen LogP contribution in [0.4, 0.5) is 0 Å². The van der Waals surface area contributed by atoms with E-state index in [0.29, 0.717) is 0 Å². The van der Waals surface area contributed by atoms with E-state index in [2.05, 4.69) is 24.2 Å². The van der Waals surface area contributed by atoms with Crippen molar-refractivity contribution in [3.63, 3.8) is 0 Å². The fourth-order valence-corrected chi connectivity index (χ4v) is 3.95. The molecule has 2 nitrogen and oxygen atoms in total. The van der Waals surface area contributed by atoms with E-state index >= 15 is 0 Å². The Morgan fingerprint density at radius 3 is 2.76 bits per heavy atom. The van der Waals surface area contributed by atoms with Gasteiger partial charge in [0, 0.05) is 12.1 Å². The minimum absolute atomic E-state index is 0.800. The van der Waals surface area contributed by atoms with Crippen LogP contribution in [0.15, 0.2) is 0 Å². The van der Waals surface area contributed by atoms with Gasteiger partial charge in [-0.3, -0.25) is 4.90 Å². The predicted octanol–water partition coefficient (Wildman–Crippen LogP) is 3.03. The Morgan fingerprint density at radius 2 is 1.94 bits per heavy atom. The van der Waals surface area contributed by atoms with E-state index in [1.807, 2.05) is 0 Å². The quantitative estimate of drug-likeness (QED) is 0.741. The summed E-state index contributed by atoms with van der Waals surface area (Å²) in [6, 6.07) is 1.73. The summed E-state index contributed by atoms with van der Waals surface area (Å²) >= 11 is 0. The predicted molar refractivity (Wildman–Crippen MR) is 74.3 cm³/mol. The van der Waals surface area contributed by atoms with Gasteiger partial charge in [-0.1, -0.05) is 12.8 Å². The number of piperidine rings is 1. The second kappa shape index (κ2) is 6.75. The molecular formula is C15H30N2. The Bertz CT molecular complexity index is 215. The lowest BCUT2D eigenvalue weighted by Crippen LogP contribution is -2.50. The summed E-state index contributed by atoms with van der Waals surface area (Å²) < 4.78 is 0. The zero-order chi connectivity index (χ0) is 12.1. The highest BCUT2D eigenvalue weighted by molar-refractivity contribution is 4.89. The van der Waals surface area contributed by atoms with Gasteiger partial charge in [0.15, 0.2) is 0 Å². The van der Waals surface area contributed by atoms with Crippen molar-refractivity contribution in [3.8, 4) is 0 Å². The number of rotatable bonds is 5. The lowest BCUT2D eigenvalue weighted by molar-refractivity contribution is 0.0282. The monoisotopic (exact) mass is 238 g/mol. The molecule has 0 aromatic heterocycles. The molecule has 2 heteroatoms. The molecule has 2 aliphatic rings. The van der Waals surface area contributed by atoms with E-state index in [1.165, 1.54) is 64.5 Å². The maximum atomic E-state index is 3.26. The molecule has 1 heterocycles. The summed E-state index contributed by atoms with van der Waals surface area (Å²) in [5, 5.41) is 3.26. The van der Waals surface area contributed by atoms with Crippen molar-refractivity contribution in [2.45, 2.75) is 70.4 Å². The van der Waals surface area contributed by atoms with Crippen molar-refractivity contribution in [3.05, 3.63) is 0 Å². The average molecular weight is 238 g/mol. The summed E-state index contributed by atoms with van der Waals surface area (Å²) in [7, 11) is 2.06. The molecule has 0 amide bonds. The Morgan fingerprint density at radius 1 is 1.18 bits per heavy atom. The number of nitrogens with zero attached hydrogens (tertiary/aromatic N) is 1. The third-order valence-electron chi connectivity index (χ3n) is 4.90. The summed E-state index contributed by atoms with van der Waals surface area (Å²) in [6.07, 6.45) is 11.6. The first-order valence-corrected chi connectivity index (χ1v) is 7.73. The van der Waals surface area contributed by atoms with Crippen LogP contribution < -0.4 is 5.32 Å². The van der Waals surface area contributed by atoms with Gasteiger partial charge in [-0.2, -0.15) is 0 Å². The van der Waals surface area contributed by atoms with Gasteiger partial charge in [-0.25, -0.2) is 0 Å². The molecule has 1 unspecified atom stereocenters. The van der Waals surface area contributed by atoms with E-state index in [0.717, 1.165) is 18.0 Å². The van der Waals surface area contributed by atoms with E-state index in [4.69, 9.17) is 0 Å². The minimum Gasteiger partial charge on any atom is -0.320 e. The topological polar surface area (TPSA) is 15.3 Å². The van der Waals surface area contributed by atoms with Crippen LogP contribution in [0.3, 0.4) is 0 Å². The van der Waals surface area contributed by atoms with Crippen LogP contribution in [-0.4, -0.2) is 37.1 Å². The molecule has 1 saturated heterocycles. The van der Waals surface area contributed by atoms with Gasteiger partial charge in [0.2, 0.25) is 0 Å². The number of nitrogens with one attached hydrogen (secondary N) is 1. The normalized spacial score (nSPS) is 32.1. The van der Waals surface area contributed by atoms with Crippen LogP contribution in [0.2, 0.25) is 0 Å². The van der Waals surface area contributed by atoms with Crippen LogP contribution in [0.1, 0.15) is 58.3 Å². The van der Waals surface area contributed by atoms with E-state index in [-0.39, 0.29) is 0 Å². The fourth-order valence-electron chi connectivity index (χ4n) is 3.95. The van der Waals surface area contributed by atoms with Crippen molar-refractivity contribution in [1.82, 2.24) is 10.2 Å². The fraction of sp³-hybridized carbons (Fsp3) is 1.00. The summed E-state index contributed by atoms with van der Waals surface area (Å²) in [5.74, 6) is 1.03. The standard InChI is InChI=1S/C15H30N2/c1-13(7-5-11-16-2)17-12-6-9-14-8-3-4-10-15(14)17/h13-16H,3-12H2,1-2H3/t13?,14-,15-/m1/s1. The van der Waals surface area contributed by atoms with Gasteiger partial charge in [0.1, 0.15) is 0 Å². The second-order valence-corrected chi connectivity index (χ2v) is 6.09. The highest BCUT2D eigenvalue weighted by Gasteiger charge is 2.34. The SMILES string of the molecule is CNCCCC(C)N1CCC[C@H]2CCCC[C@H]21. The zero-order valence-electron chi connectivity index (χ0n) is 11.8. The Kier molecular flexibility index (Phi) is 5.30. The number of hydrogen-bond acceptors (Lipinski definition) is 2. The Labute approximate surface area is 107 Å². The Balaban J connectivity index is 1.84. The van der Waals surface area contributed by atoms with Crippen molar-refractivity contribution < 1.29 is 0 Å². The highest BCUT2D eigenvalue weighted by Crippen LogP contribution is 2.36. The van der Waals surface area contributed by atoms with E-state index < -0.39 is 0 Å². The lowest BCUT2D eigenvalue weighted by Gasteiger charge is -2.47. The molecular weight excluding hydrogens is 208 g/mol. The Hall–Kier alpha value is -0.0800. The molecule has 0 radical (unpaired) electrons. The summed E-state index contributed by atoms with van der Waals surface area (Å²) in [6.45, 7) is 4.99. The number of hydrogen-bond donors (Lipinski definition) is 1. The molecule has 0 bridgehead atoms. The van der Waals surface area contributed by atoms with E-state index in [9.17, 15) is 0 Å². The van der Waals surface area contributed by atoms with Gasteiger partial charge in [0.05, 0.1) is 0 Å². The van der Waals surface area contributed by atoms with Crippen LogP contribution in [0.5, 0.6) is 0 Å². The average Bonchev–Trinajstić information content (AvgIpc) is 2.38. The van der Waals surface area contributed by atoms with Gasteiger partial charge < -0.3 is 5.32 Å². The first kappa shape index (κ1) is 13.4. The molecule has 1 aliphatic heterocycles. The first-order valence-electron chi connectivity index (χ1n) is 7.73. The third-order valence-corrected chi connectivity index (χ3v) is 4.90. The number of fused-ring (bicyclic) bond motifs is 1. The largest absolute Gasteiger partial charge is 0.320 e. The maximum absolute atomic E-state index is 3.26. The molecule has 2 fully saturated rings. The molecule has 100 valence electrons. The first-order chi connectivity index (χ1) is 8.33. The van der Waals surface area contributed by atoms with Gasteiger partial charge in [-0.15, -0.1) is 0 Å². The summed E-state index contributed by atoms with van der Waals surface area (Å²) in [4.78, 5) is 2.85. The van der Waals surface area contributed by atoms with Gasteiger partial charge >= 0.3 is 0 Å². The molecule has 17 heavy (non-hydrogen) atoms. The molecule has 0 spiro atoms. The van der Waals surface area contributed by atoms with Gasteiger partial charge in [0.25, 0.3) is 0 Å². The van der Waals surface area contributed by atoms with E-state index in [1.54, 1.807) is 0 Å². The minimum atomic E-state index is 0.800.